The summed E-state index contributed by atoms with van der Waals surface area (Å²) < 4.78 is 0. The minimum absolute atomic E-state index is 0.0214. The second-order valence-electron chi connectivity index (χ2n) is 3.34. The molecular formula is C9H13ClN2OS. The maximum atomic E-state index is 11.4. The second-order valence-corrected chi connectivity index (χ2v) is 4.78. The Morgan fingerprint density at radius 3 is 2.93 bits per heavy atom. The topological polar surface area (TPSA) is 42.0 Å². The second kappa shape index (κ2) is 5.32. The Bertz CT molecular complexity index is 287. The lowest BCUT2D eigenvalue weighted by molar-refractivity contribution is 0.0956. The molecule has 1 heterocycles. The Kier molecular flexibility index (Phi) is 4.35. The summed E-state index contributed by atoms with van der Waals surface area (Å²) in [4.78, 5) is 15.9. The van der Waals surface area contributed by atoms with Gasteiger partial charge >= 0.3 is 0 Å². The predicted octanol–water partition coefficient (Wildman–Crippen LogP) is 2.14. The maximum absolute atomic E-state index is 11.4. The summed E-state index contributed by atoms with van der Waals surface area (Å²) >= 11 is 7.32. The van der Waals surface area contributed by atoms with Crippen LogP contribution >= 0.6 is 22.9 Å². The van der Waals surface area contributed by atoms with Gasteiger partial charge in [-0.25, -0.2) is 0 Å². The molecular weight excluding hydrogens is 220 g/mol. The van der Waals surface area contributed by atoms with Crippen LogP contribution < -0.4 is 5.32 Å². The van der Waals surface area contributed by atoms with E-state index in [0.717, 1.165) is 0 Å². The van der Waals surface area contributed by atoms with Crippen molar-refractivity contribution in [1.29, 1.82) is 0 Å². The summed E-state index contributed by atoms with van der Waals surface area (Å²) in [6.07, 6.45) is 1.55. The Morgan fingerprint density at radius 2 is 2.43 bits per heavy atom. The Labute approximate surface area is 92.5 Å². The fourth-order valence-corrected chi connectivity index (χ4v) is 1.45. The molecule has 0 aromatic carbocycles. The van der Waals surface area contributed by atoms with E-state index in [1.54, 1.807) is 11.7 Å². The van der Waals surface area contributed by atoms with Crippen LogP contribution in [-0.2, 0) is 0 Å². The van der Waals surface area contributed by atoms with Gasteiger partial charge in [0.25, 0.3) is 5.91 Å². The Morgan fingerprint density at radius 1 is 1.71 bits per heavy atom. The van der Waals surface area contributed by atoms with Gasteiger partial charge < -0.3 is 5.32 Å². The first-order valence-corrected chi connectivity index (χ1v) is 5.73. The molecule has 1 rings (SSSR count). The molecule has 0 aliphatic carbocycles. The number of carbonyl (C=O) groups excluding carboxylic acids is 1. The number of thiazole rings is 1. The molecule has 0 spiro atoms. The average Bonchev–Trinajstić information content (AvgIpc) is 2.66. The van der Waals surface area contributed by atoms with Crippen molar-refractivity contribution in [3.8, 4) is 0 Å². The van der Waals surface area contributed by atoms with Crippen LogP contribution in [-0.4, -0.2) is 22.8 Å². The predicted molar refractivity (Wildman–Crippen MR) is 58.9 cm³/mol. The van der Waals surface area contributed by atoms with Gasteiger partial charge in [-0.3, -0.25) is 9.78 Å². The van der Waals surface area contributed by atoms with Crippen molar-refractivity contribution < 1.29 is 4.79 Å². The van der Waals surface area contributed by atoms with Gasteiger partial charge in [-0.1, -0.05) is 13.8 Å². The van der Waals surface area contributed by atoms with Crippen molar-refractivity contribution >= 4 is 28.8 Å². The first kappa shape index (κ1) is 11.5. The van der Waals surface area contributed by atoms with Gasteiger partial charge in [-0.2, -0.15) is 0 Å². The molecule has 14 heavy (non-hydrogen) atoms. The van der Waals surface area contributed by atoms with E-state index in [-0.39, 0.29) is 11.3 Å². The molecule has 0 saturated carbocycles. The lowest BCUT2D eigenvalue weighted by Gasteiger charge is -2.13. The van der Waals surface area contributed by atoms with E-state index in [4.69, 9.17) is 11.6 Å². The average molecular weight is 233 g/mol. The number of amides is 1. The lowest BCUT2D eigenvalue weighted by atomic mass is 10.1. The van der Waals surface area contributed by atoms with Gasteiger partial charge in [-0.15, -0.1) is 22.9 Å². The number of rotatable bonds is 4. The molecule has 1 atom stereocenters. The highest BCUT2D eigenvalue weighted by Gasteiger charge is 2.12. The molecule has 0 radical (unpaired) electrons. The van der Waals surface area contributed by atoms with Gasteiger partial charge in [0, 0.05) is 6.54 Å². The minimum atomic E-state index is -0.0983. The van der Waals surface area contributed by atoms with Gasteiger partial charge in [0.05, 0.1) is 17.1 Å². The van der Waals surface area contributed by atoms with Crippen molar-refractivity contribution in [2.75, 3.05) is 6.54 Å². The monoisotopic (exact) mass is 232 g/mol. The van der Waals surface area contributed by atoms with Gasteiger partial charge in [0.15, 0.2) is 0 Å². The molecule has 5 heteroatoms. The number of aromatic nitrogens is 1. The largest absolute Gasteiger partial charge is 0.350 e. The van der Waals surface area contributed by atoms with E-state index in [1.807, 2.05) is 13.8 Å². The summed E-state index contributed by atoms with van der Waals surface area (Å²) in [5, 5.41) is 2.74. The first-order valence-electron chi connectivity index (χ1n) is 4.42. The third-order valence-corrected chi connectivity index (χ3v) is 3.27. The van der Waals surface area contributed by atoms with Crippen molar-refractivity contribution in [2.24, 2.45) is 5.92 Å². The van der Waals surface area contributed by atoms with Crippen LogP contribution in [0.2, 0.25) is 0 Å². The van der Waals surface area contributed by atoms with Crippen LogP contribution in [0.1, 0.15) is 23.5 Å². The highest BCUT2D eigenvalue weighted by molar-refractivity contribution is 7.11. The molecule has 1 aromatic rings. The molecule has 1 amide bonds. The van der Waals surface area contributed by atoms with Crippen molar-refractivity contribution in [1.82, 2.24) is 10.3 Å². The minimum Gasteiger partial charge on any atom is -0.350 e. The normalized spacial score (nSPS) is 12.9. The van der Waals surface area contributed by atoms with Crippen LogP contribution in [0.4, 0.5) is 0 Å². The molecule has 0 bridgehead atoms. The number of hydrogen-bond donors (Lipinski definition) is 1. The fraction of sp³-hybridized carbons (Fsp3) is 0.556. The molecule has 1 aromatic heterocycles. The summed E-state index contributed by atoms with van der Waals surface area (Å²) in [6.45, 7) is 4.54. The summed E-state index contributed by atoms with van der Waals surface area (Å²) in [6, 6.07) is 0. The molecule has 0 aliphatic heterocycles. The number of alkyl halides is 1. The molecule has 0 saturated heterocycles. The number of nitrogens with one attached hydrogen (secondary N) is 1. The van der Waals surface area contributed by atoms with Crippen LogP contribution in [0.25, 0.3) is 0 Å². The molecule has 0 aliphatic rings. The van der Waals surface area contributed by atoms with Crippen molar-refractivity contribution in [3.05, 3.63) is 16.6 Å². The van der Waals surface area contributed by atoms with Crippen LogP contribution in [0.3, 0.4) is 0 Å². The van der Waals surface area contributed by atoms with Crippen LogP contribution in [0.5, 0.6) is 0 Å². The standard InChI is InChI=1S/C9H13ClN2OS/c1-6(2)7(10)3-12-9(13)8-4-11-5-14-8/h4-7H,3H2,1-2H3,(H,12,13). The Hall–Kier alpha value is -0.610. The molecule has 78 valence electrons. The SMILES string of the molecule is CC(C)C(Cl)CNC(=O)c1cncs1. The van der Waals surface area contributed by atoms with E-state index in [2.05, 4.69) is 10.3 Å². The summed E-state index contributed by atoms with van der Waals surface area (Å²) in [5.41, 5.74) is 1.63. The molecule has 3 nitrogen and oxygen atoms in total. The summed E-state index contributed by atoms with van der Waals surface area (Å²) in [7, 11) is 0. The molecule has 0 fully saturated rings. The van der Waals surface area contributed by atoms with Crippen molar-refractivity contribution in [3.63, 3.8) is 0 Å². The van der Waals surface area contributed by atoms with E-state index in [0.29, 0.717) is 17.3 Å². The van der Waals surface area contributed by atoms with E-state index in [1.165, 1.54) is 11.3 Å². The fourth-order valence-electron chi connectivity index (χ4n) is 0.841. The zero-order chi connectivity index (χ0) is 10.6. The highest BCUT2D eigenvalue weighted by Crippen LogP contribution is 2.09. The zero-order valence-corrected chi connectivity index (χ0v) is 9.73. The van der Waals surface area contributed by atoms with E-state index >= 15 is 0 Å². The quantitative estimate of drug-likeness (QED) is 0.809. The van der Waals surface area contributed by atoms with Crippen LogP contribution in [0, 0.1) is 5.92 Å². The maximum Gasteiger partial charge on any atom is 0.263 e. The first-order chi connectivity index (χ1) is 6.61. The zero-order valence-electron chi connectivity index (χ0n) is 8.16. The third kappa shape index (κ3) is 3.27. The number of halogens is 1. The summed E-state index contributed by atoms with van der Waals surface area (Å²) in [5.74, 6) is 0.261. The van der Waals surface area contributed by atoms with E-state index in [9.17, 15) is 4.79 Å². The Balaban J connectivity index is 2.36. The highest BCUT2D eigenvalue weighted by atomic mass is 35.5. The van der Waals surface area contributed by atoms with Crippen molar-refractivity contribution in [2.45, 2.75) is 19.2 Å². The lowest BCUT2D eigenvalue weighted by Crippen LogP contribution is -2.31. The smallest absolute Gasteiger partial charge is 0.263 e. The van der Waals surface area contributed by atoms with E-state index < -0.39 is 0 Å². The number of hydrogen-bond acceptors (Lipinski definition) is 3. The van der Waals surface area contributed by atoms with Gasteiger partial charge in [0.2, 0.25) is 0 Å². The molecule has 1 unspecified atom stereocenters. The third-order valence-electron chi connectivity index (χ3n) is 1.84. The molecule has 1 N–H and O–H groups in total. The van der Waals surface area contributed by atoms with Gasteiger partial charge in [0.1, 0.15) is 4.88 Å². The van der Waals surface area contributed by atoms with Crippen LogP contribution in [0.15, 0.2) is 11.7 Å². The number of nitrogens with zero attached hydrogens (tertiary/aromatic N) is 1. The number of carbonyl (C=O) groups is 1. The van der Waals surface area contributed by atoms with Gasteiger partial charge in [-0.05, 0) is 5.92 Å².